The minimum atomic E-state index is -0.403. The minimum absolute atomic E-state index is 0.172. The summed E-state index contributed by atoms with van der Waals surface area (Å²) in [6, 6.07) is 14.3. The molecule has 0 radical (unpaired) electrons. The molecular formula is C20H18N2O4S2. The Morgan fingerprint density at radius 3 is 2.57 bits per heavy atom. The summed E-state index contributed by atoms with van der Waals surface area (Å²) in [4.78, 5) is 26.3. The van der Waals surface area contributed by atoms with E-state index in [0.717, 1.165) is 11.3 Å². The van der Waals surface area contributed by atoms with Crippen LogP contribution in [0, 0.1) is 0 Å². The summed E-state index contributed by atoms with van der Waals surface area (Å²) < 4.78 is 10.5. The molecule has 0 aliphatic carbocycles. The van der Waals surface area contributed by atoms with E-state index in [1.54, 1.807) is 37.5 Å². The van der Waals surface area contributed by atoms with E-state index < -0.39 is 5.97 Å². The molecule has 144 valence electrons. The number of thiocarbonyl (C=S) groups is 1. The van der Waals surface area contributed by atoms with E-state index >= 15 is 0 Å². The van der Waals surface area contributed by atoms with Crippen LogP contribution in [-0.4, -0.2) is 42.0 Å². The zero-order chi connectivity index (χ0) is 20.1. The molecule has 1 N–H and O–H groups in total. The highest BCUT2D eigenvalue weighted by atomic mass is 32.2. The number of carbonyl (C=O) groups is 2. The number of esters is 1. The first-order valence-corrected chi connectivity index (χ1v) is 9.56. The van der Waals surface area contributed by atoms with Crippen LogP contribution < -0.4 is 10.1 Å². The molecule has 6 nitrogen and oxygen atoms in total. The van der Waals surface area contributed by atoms with Gasteiger partial charge in [0.2, 0.25) is 0 Å². The summed E-state index contributed by atoms with van der Waals surface area (Å²) in [6.45, 7) is 0.240. The van der Waals surface area contributed by atoms with Crippen LogP contribution >= 0.6 is 24.0 Å². The van der Waals surface area contributed by atoms with Gasteiger partial charge >= 0.3 is 5.97 Å². The second-order valence-corrected chi connectivity index (χ2v) is 7.43. The number of amides is 1. The second-order valence-electron chi connectivity index (χ2n) is 5.76. The number of ether oxygens (including phenoxy) is 2. The Bertz CT molecular complexity index is 941. The van der Waals surface area contributed by atoms with Gasteiger partial charge in [0.1, 0.15) is 10.1 Å². The molecule has 1 amide bonds. The average molecular weight is 415 g/mol. The Hall–Kier alpha value is -2.84. The lowest BCUT2D eigenvalue weighted by Crippen LogP contribution is -2.33. The van der Waals surface area contributed by atoms with Crippen LogP contribution in [0.25, 0.3) is 6.08 Å². The number of benzene rings is 2. The van der Waals surface area contributed by atoms with Gasteiger partial charge in [-0.25, -0.2) is 4.79 Å². The Balaban J connectivity index is 1.70. The summed E-state index contributed by atoms with van der Waals surface area (Å²) in [5, 5.41) is 3.18. The third-order valence-electron chi connectivity index (χ3n) is 4.04. The van der Waals surface area contributed by atoms with Crippen LogP contribution in [0.2, 0.25) is 0 Å². The molecule has 1 saturated heterocycles. The van der Waals surface area contributed by atoms with Crippen molar-refractivity contribution in [2.45, 2.75) is 0 Å². The molecule has 0 unspecified atom stereocenters. The first-order chi connectivity index (χ1) is 13.5. The lowest BCUT2D eigenvalue weighted by atomic mass is 10.1. The molecule has 28 heavy (non-hydrogen) atoms. The molecule has 0 spiro atoms. The highest BCUT2D eigenvalue weighted by Gasteiger charge is 2.31. The maximum Gasteiger partial charge on any atom is 0.337 e. The van der Waals surface area contributed by atoms with E-state index in [1.807, 2.05) is 24.3 Å². The number of anilines is 1. The van der Waals surface area contributed by atoms with Crippen LogP contribution in [0.1, 0.15) is 15.9 Å². The van der Waals surface area contributed by atoms with Crippen molar-refractivity contribution in [2.75, 3.05) is 26.2 Å². The number of rotatable bonds is 6. The second kappa shape index (κ2) is 8.90. The molecule has 3 rings (SSSR count). The molecular weight excluding hydrogens is 396 g/mol. The van der Waals surface area contributed by atoms with E-state index in [1.165, 1.54) is 23.8 Å². The van der Waals surface area contributed by atoms with Gasteiger partial charge in [0.15, 0.2) is 0 Å². The number of nitrogens with one attached hydrogen (secondary N) is 1. The molecule has 1 fully saturated rings. The average Bonchev–Trinajstić information content (AvgIpc) is 2.99. The molecule has 2 aromatic carbocycles. The van der Waals surface area contributed by atoms with Crippen molar-refractivity contribution in [1.29, 1.82) is 0 Å². The van der Waals surface area contributed by atoms with Gasteiger partial charge in [-0.2, -0.15) is 0 Å². The lowest BCUT2D eigenvalue weighted by Gasteiger charge is -2.17. The van der Waals surface area contributed by atoms with Crippen molar-refractivity contribution in [3.8, 4) is 5.75 Å². The molecule has 1 aliphatic rings. The van der Waals surface area contributed by atoms with Gasteiger partial charge in [-0.15, -0.1) is 0 Å². The van der Waals surface area contributed by atoms with Crippen molar-refractivity contribution >= 4 is 51.9 Å². The third kappa shape index (κ3) is 4.35. The van der Waals surface area contributed by atoms with Gasteiger partial charge in [0.25, 0.3) is 5.91 Å². The standard InChI is InChI=1S/C20H18N2O4S2/c1-25-16-6-4-3-5-15(16)21-12-22-18(23)17(28-20(22)27)11-13-7-9-14(10-8-13)19(24)26-2/h3-11,21H,12H2,1-2H3/b17-11+. The first-order valence-electron chi connectivity index (χ1n) is 8.34. The van der Waals surface area contributed by atoms with Gasteiger partial charge in [0.05, 0.1) is 37.0 Å². The van der Waals surface area contributed by atoms with E-state index in [4.69, 9.17) is 17.0 Å². The van der Waals surface area contributed by atoms with Crippen molar-refractivity contribution < 1.29 is 19.1 Å². The predicted molar refractivity (Wildman–Crippen MR) is 114 cm³/mol. The van der Waals surface area contributed by atoms with Crippen molar-refractivity contribution in [1.82, 2.24) is 4.90 Å². The molecule has 0 aromatic heterocycles. The van der Waals surface area contributed by atoms with Crippen LogP contribution in [0.4, 0.5) is 5.69 Å². The topological polar surface area (TPSA) is 67.9 Å². The maximum absolute atomic E-state index is 12.7. The van der Waals surface area contributed by atoms with Crippen LogP contribution in [0.5, 0.6) is 5.75 Å². The number of nitrogens with zero attached hydrogens (tertiary/aromatic N) is 1. The van der Waals surface area contributed by atoms with Gasteiger partial charge in [0, 0.05) is 0 Å². The molecule has 8 heteroatoms. The van der Waals surface area contributed by atoms with Crippen molar-refractivity contribution in [3.63, 3.8) is 0 Å². The number of thioether (sulfide) groups is 1. The predicted octanol–water partition coefficient (Wildman–Crippen LogP) is 3.75. The third-order valence-corrected chi connectivity index (χ3v) is 5.42. The molecule has 0 atom stereocenters. The van der Waals surface area contributed by atoms with Gasteiger partial charge < -0.3 is 14.8 Å². The monoisotopic (exact) mass is 414 g/mol. The Morgan fingerprint density at radius 1 is 1.18 bits per heavy atom. The minimum Gasteiger partial charge on any atom is -0.495 e. The number of hydrogen-bond donors (Lipinski definition) is 1. The van der Waals surface area contributed by atoms with Gasteiger partial charge in [-0.1, -0.05) is 48.2 Å². The molecule has 0 saturated carbocycles. The summed E-state index contributed by atoms with van der Waals surface area (Å²) in [6.07, 6.45) is 1.75. The van der Waals surface area contributed by atoms with Crippen LogP contribution in [0.15, 0.2) is 53.4 Å². The maximum atomic E-state index is 12.7. The summed E-state index contributed by atoms with van der Waals surface area (Å²) in [5.41, 5.74) is 2.03. The summed E-state index contributed by atoms with van der Waals surface area (Å²) in [7, 11) is 2.93. The van der Waals surface area contributed by atoms with Gasteiger partial charge in [-0.05, 0) is 35.9 Å². The summed E-state index contributed by atoms with van der Waals surface area (Å²) >= 11 is 6.60. The van der Waals surface area contributed by atoms with E-state index in [0.29, 0.717) is 20.5 Å². The Labute approximate surface area is 172 Å². The fourth-order valence-corrected chi connectivity index (χ4v) is 3.83. The zero-order valence-electron chi connectivity index (χ0n) is 15.3. The number of hydrogen-bond acceptors (Lipinski definition) is 7. The van der Waals surface area contributed by atoms with E-state index in [9.17, 15) is 9.59 Å². The normalized spacial score (nSPS) is 15.1. The number of methoxy groups -OCH3 is 2. The van der Waals surface area contributed by atoms with Crippen LogP contribution in [-0.2, 0) is 9.53 Å². The molecule has 0 bridgehead atoms. The molecule has 1 aliphatic heterocycles. The van der Waals surface area contributed by atoms with E-state index in [2.05, 4.69) is 10.1 Å². The lowest BCUT2D eigenvalue weighted by molar-refractivity contribution is -0.121. The van der Waals surface area contributed by atoms with E-state index in [-0.39, 0.29) is 12.6 Å². The van der Waals surface area contributed by atoms with Gasteiger partial charge in [-0.3, -0.25) is 9.69 Å². The number of carbonyl (C=O) groups excluding carboxylic acids is 2. The van der Waals surface area contributed by atoms with Crippen LogP contribution in [0.3, 0.4) is 0 Å². The molecule has 2 aromatic rings. The fourth-order valence-electron chi connectivity index (χ4n) is 2.58. The Morgan fingerprint density at radius 2 is 1.89 bits per heavy atom. The quantitative estimate of drug-likeness (QED) is 0.439. The molecule has 1 heterocycles. The number of para-hydroxylation sites is 2. The zero-order valence-corrected chi connectivity index (χ0v) is 16.9. The Kier molecular flexibility index (Phi) is 6.33. The fraction of sp³-hybridized carbons (Fsp3) is 0.150. The van der Waals surface area contributed by atoms with Crippen molar-refractivity contribution in [2.24, 2.45) is 0 Å². The van der Waals surface area contributed by atoms with Crippen molar-refractivity contribution in [3.05, 3.63) is 64.6 Å². The smallest absolute Gasteiger partial charge is 0.337 e. The summed E-state index contributed by atoms with van der Waals surface area (Å²) in [5.74, 6) is 0.115. The highest BCUT2D eigenvalue weighted by molar-refractivity contribution is 8.26. The highest BCUT2D eigenvalue weighted by Crippen LogP contribution is 2.33. The SMILES string of the molecule is COC(=O)c1ccc(/C=C2/SC(=S)N(CNc3ccccc3OC)C2=O)cc1. The largest absolute Gasteiger partial charge is 0.495 e. The first kappa shape index (κ1) is 19.9.